The summed E-state index contributed by atoms with van der Waals surface area (Å²) >= 11 is 1.51. The summed E-state index contributed by atoms with van der Waals surface area (Å²) in [4.78, 5) is 15.3. The third-order valence-electron chi connectivity index (χ3n) is 5.29. The molecule has 2 atom stereocenters. The number of hydrogen-bond acceptors (Lipinski definition) is 5. The van der Waals surface area contributed by atoms with E-state index in [2.05, 4.69) is 27.8 Å². The van der Waals surface area contributed by atoms with Crippen LogP contribution in [0, 0.1) is 0 Å². The van der Waals surface area contributed by atoms with Crippen molar-refractivity contribution in [3.05, 3.63) is 66.2 Å². The largest absolute Gasteiger partial charge is 0.342 e. The van der Waals surface area contributed by atoms with E-state index in [0.29, 0.717) is 0 Å². The number of aromatic nitrogens is 3. The number of rotatable bonds is 3. The van der Waals surface area contributed by atoms with E-state index in [1.807, 2.05) is 58.1 Å². The Morgan fingerprint density at radius 2 is 1.64 bits per heavy atom. The molecule has 0 bridgehead atoms. The Morgan fingerprint density at radius 3 is 2.36 bits per heavy atom. The highest BCUT2D eigenvalue weighted by Gasteiger charge is 2.40. The average Bonchev–Trinajstić information content (AvgIpc) is 3.43. The first-order chi connectivity index (χ1) is 13.8. The first-order valence-electron chi connectivity index (χ1n) is 9.59. The van der Waals surface area contributed by atoms with E-state index >= 15 is 0 Å². The van der Waals surface area contributed by atoms with Crippen LogP contribution in [0.3, 0.4) is 0 Å². The molecule has 0 saturated carbocycles. The van der Waals surface area contributed by atoms with Crippen LogP contribution in [-0.4, -0.2) is 44.0 Å². The van der Waals surface area contributed by atoms with Crippen molar-refractivity contribution in [2.75, 3.05) is 18.5 Å². The molecule has 2 aromatic carbocycles. The fraction of sp³-hybridized carbons (Fsp3) is 0.286. The first-order valence-corrected chi connectivity index (χ1v) is 10.5. The molecule has 5 rings (SSSR count). The number of fused-ring (bicyclic) bond motifs is 1. The van der Waals surface area contributed by atoms with Crippen molar-refractivity contribution >= 4 is 17.7 Å². The predicted molar refractivity (Wildman–Crippen MR) is 109 cm³/mol. The number of nitrogens with zero attached hydrogens (tertiary/aromatic N) is 4. The summed E-state index contributed by atoms with van der Waals surface area (Å²) in [6.45, 7) is 1.69. The summed E-state index contributed by atoms with van der Waals surface area (Å²) in [5.41, 5.74) is 5.62. The number of hydrogen-bond donors (Lipinski definition) is 1. The number of likely N-dealkylation sites (tertiary alicyclic amines) is 1. The Balaban J connectivity index is 1.54. The van der Waals surface area contributed by atoms with Crippen molar-refractivity contribution in [1.82, 2.24) is 19.8 Å². The molecule has 2 aliphatic rings. The quantitative estimate of drug-likeness (QED) is 0.742. The molecule has 1 amide bonds. The van der Waals surface area contributed by atoms with Crippen LogP contribution in [0.2, 0.25) is 0 Å². The summed E-state index contributed by atoms with van der Waals surface area (Å²) in [5, 5.41) is 9.22. The molecule has 3 heterocycles. The molecule has 1 fully saturated rings. The van der Waals surface area contributed by atoms with E-state index in [0.717, 1.165) is 48.0 Å². The molecular weight excluding hydrogens is 370 g/mol. The molecule has 0 radical (unpaired) electrons. The molecule has 7 heteroatoms. The monoisotopic (exact) mass is 391 g/mol. The predicted octanol–water partition coefficient (Wildman–Crippen LogP) is 3.33. The Labute approximate surface area is 167 Å². The number of carbonyl (C=O) groups excluding carboxylic acids is 1. The summed E-state index contributed by atoms with van der Waals surface area (Å²) in [6, 6.07) is 20.0. The van der Waals surface area contributed by atoms with Crippen LogP contribution in [0.1, 0.15) is 24.4 Å². The minimum Gasteiger partial charge on any atom is -0.342 e. The Morgan fingerprint density at radius 1 is 0.964 bits per heavy atom. The maximum Gasteiger partial charge on any atom is 0.238 e. The van der Waals surface area contributed by atoms with E-state index < -0.39 is 0 Å². The van der Waals surface area contributed by atoms with E-state index in [9.17, 15) is 4.79 Å². The van der Waals surface area contributed by atoms with E-state index in [-0.39, 0.29) is 17.2 Å². The Kier molecular flexibility index (Phi) is 4.52. The lowest BCUT2D eigenvalue weighted by Crippen LogP contribution is -2.45. The molecule has 2 aliphatic heterocycles. The van der Waals surface area contributed by atoms with Crippen LogP contribution < -0.4 is 5.43 Å². The van der Waals surface area contributed by atoms with Gasteiger partial charge in [0.1, 0.15) is 5.25 Å². The average molecular weight is 392 g/mol. The van der Waals surface area contributed by atoms with Gasteiger partial charge in [-0.05, 0) is 18.4 Å². The highest BCUT2D eigenvalue weighted by atomic mass is 32.2. The van der Waals surface area contributed by atoms with Crippen LogP contribution in [-0.2, 0) is 4.79 Å². The van der Waals surface area contributed by atoms with Crippen molar-refractivity contribution in [1.29, 1.82) is 0 Å². The molecule has 1 N–H and O–H groups in total. The number of thioether (sulfide) groups is 1. The molecule has 1 aromatic heterocycles. The van der Waals surface area contributed by atoms with Crippen LogP contribution in [0.5, 0.6) is 0 Å². The Bertz CT molecular complexity index is 969. The van der Waals surface area contributed by atoms with Crippen LogP contribution in [0.25, 0.3) is 11.4 Å². The minimum absolute atomic E-state index is 0.148. The second kappa shape index (κ2) is 7.31. The maximum absolute atomic E-state index is 13.3. The van der Waals surface area contributed by atoms with Gasteiger partial charge in [-0.15, -0.1) is 10.2 Å². The molecule has 1 saturated heterocycles. The van der Waals surface area contributed by atoms with Gasteiger partial charge in [0.15, 0.2) is 5.82 Å². The van der Waals surface area contributed by atoms with Crippen molar-refractivity contribution < 1.29 is 4.79 Å². The molecule has 0 unspecified atom stereocenters. The smallest absolute Gasteiger partial charge is 0.238 e. The standard InChI is InChI=1S/C21H21N5OS/c27-20(25-13-7-8-14-25)18-17(15-9-3-1-4-10-15)24-26-19(22-23-21(26)28-18)16-11-5-2-6-12-16/h1-6,9-12,17-18,24H,7-8,13-14H2/t17-,18+/m1/s1. The second-order valence-corrected chi connectivity index (χ2v) is 8.20. The van der Waals surface area contributed by atoms with Crippen molar-refractivity contribution in [2.45, 2.75) is 29.3 Å². The zero-order valence-electron chi connectivity index (χ0n) is 15.4. The van der Waals surface area contributed by atoms with Gasteiger partial charge in [-0.25, -0.2) is 4.68 Å². The summed E-state index contributed by atoms with van der Waals surface area (Å²) in [6.07, 6.45) is 2.17. The lowest BCUT2D eigenvalue weighted by molar-refractivity contribution is -0.129. The van der Waals surface area contributed by atoms with Crippen LogP contribution in [0.15, 0.2) is 65.8 Å². The third kappa shape index (κ3) is 3.05. The lowest BCUT2D eigenvalue weighted by Gasteiger charge is -2.34. The van der Waals surface area contributed by atoms with Gasteiger partial charge >= 0.3 is 0 Å². The van der Waals surface area contributed by atoms with Gasteiger partial charge in [-0.2, -0.15) is 0 Å². The van der Waals surface area contributed by atoms with Gasteiger partial charge in [-0.1, -0.05) is 72.4 Å². The molecule has 142 valence electrons. The molecule has 6 nitrogen and oxygen atoms in total. The fourth-order valence-electron chi connectivity index (χ4n) is 3.85. The van der Waals surface area contributed by atoms with Gasteiger partial charge < -0.3 is 10.3 Å². The maximum atomic E-state index is 13.3. The number of carbonyl (C=O) groups is 1. The molecule has 0 spiro atoms. The number of nitrogens with one attached hydrogen (secondary N) is 1. The zero-order chi connectivity index (χ0) is 18.9. The van der Waals surface area contributed by atoms with Gasteiger partial charge in [0.2, 0.25) is 11.1 Å². The number of benzene rings is 2. The van der Waals surface area contributed by atoms with Gasteiger partial charge in [0.05, 0.1) is 6.04 Å². The van der Waals surface area contributed by atoms with Gasteiger partial charge in [-0.3, -0.25) is 4.79 Å². The second-order valence-electron chi connectivity index (χ2n) is 7.10. The van der Waals surface area contributed by atoms with Gasteiger partial charge in [0, 0.05) is 18.7 Å². The summed E-state index contributed by atoms with van der Waals surface area (Å²) < 4.78 is 1.92. The molecule has 28 heavy (non-hydrogen) atoms. The van der Waals surface area contributed by atoms with E-state index in [1.54, 1.807) is 0 Å². The molecular formula is C21H21N5OS. The third-order valence-corrected chi connectivity index (χ3v) is 6.49. The van der Waals surface area contributed by atoms with Crippen molar-refractivity contribution in [2.24, 2.45) is 0 Å². The summed E-state index contributed by atoms with van der Waals surface area (Å²) in [5.74, 6) is 0.940. The minimum atomic E-state index is -0.263. The topological polar surface area (TPSA) is 63.1 Å². The van der Waals surface area contributed by atoms with Crippen molar-refractivity contribution in [3.63, 3.8) is 0 Å². The van der Waals surface area contributed by atoms with Gasteiger partial charge in [0.25, 0.3) is 0 Å². The number of amides is 1. The highest BCUT2D eigenvalue weighted by Crippen LogP contribution is 2.39. The van der Waals surface area contributed by atoms with Crippen LogP contribution in [0.4, 0.5) is 0 Å². The molecule has 0 aliphatic carbocycles. The zero-order valence-corrected chi connectivity index (χ0v) is 16.2. The first kappa shape index (κ1) is 17.3. The Hall–Kier alpha value is -2.80. The lowest BCUT2D eigenvalue weighted by atomic mass is 10.0. The van der Waals surface area contributed by atoms with Crippen molar-refractivity contribution in [3.8, 4) is 11.4 Å². The van der Waals surface area contributed by atoms with Crippen LogP contribution >= 0.6 is 11.8 Å². The molecule has 3 aromatic rings. The van der Waals surface area contributed by atoms with E-state index in [1.165, 1.54) is 11.8 Å². The summed E-state index contributed by atoms with van der Waals surface area (Å²) in [7, 11) is 0. The fourth-order valence-corrected chi connectivity index (χ4v) is 5.01. The normalized spacial score (nSPS) is 21.2. The SMILES string of the molecule is O=C([C@H]1Sc2nnc(-c3ccccc3)n2N[C@@H]1c1ccccc1)N1CCCC1. The van der Waals surface area contributed by atoms with E-state index in [4.69, 9.17) is 0 Å². The highest BCUT2D eigenvalue weighted by molar-refractivity contribution is 8.00.